The summed E-state index contributed by atoms with van der Waals surface area (Å²) < 4.78 is 14.8. The van der Waals surface area contributed by atoms with Gasteiger partial charge in [0.2, 0.25) is 29.5 Å². The molecule has 18 nitrogen and oxygen atoms in total. The van der Waals surface area contributed by atoms with Crippen molar-refractivity contribution in [1.29, 1.82) is 0 Å². The Morgan fingerprint density at radius 1 is 0.844 bits per heavy atom. The summed E-state index contributed by atoms with van der Waals surface area (Å²) in [7, 11) is 0. The van der Waals surface area contributed by atoms with Gasteiger partial charge in [-0.05, 0) is 11.6 Å². The minimum Gasteiger partial charge on any atom is -0.480 e. The van der Waals surface area contributed by atoms with Crippen LogP contribution in [0.4, 0.5) is 4.79 Å². The first-order valence-electron chi connectivity index (χ1n) is 13.6. The van der Waals surface area contributed by atoms with E-state index < -0.39 is 74.2 Å². The van der Waals surface area contributed by atoms with Crippen LogP contribution in [-0.2, 0) is 49.4 Å². The number of nitrogens with zero attached hydrogens (tertiary/aromatic N) is 1. The van der Waals surface area contributed by atoms with Gasteiger partial charge in [-0.3, -0.25) is 24.0 Å². The number of aliphatic carboxylic acids is 1. The summed E-state index contributed by atoms with van der Waals surface area (Å²) in [5.74, 6) is -4.32. The van der Waals surface area contributed by atoms with E-state index in [-0.39, 0.29) is 45.4 Å². The highest BCUT2D eigenvalue weighted by Gasteiger charge is 2.23. The number of hydrogen-bond donors (Lipinski definition) is 7. The molecule has 2 rings (SSSR count). The molecular formula is C27H36N6O12. The van der Waals surface area contributed by atoms with Crippen LogP contribution in [0.2, 0.25) is 0 Å². The molecule has 0 bridgehead atoms. The highest BCUT2D eigenvalue weighted by molar-refractivity contribution is 5.92. The lowest BCUT2D eigenvalue weighted by Gasteiger charge is -2.20. The molecule has 0 spiro atoms. The summed E-state index contributed by atoms with van der Waals surface area (Å²) in [6.45, 7) is -2.36. The third kappa shape index (κ3) is 15.3. The molecule has 1 aromatic carbocycles. The molecule has 18 heteroatoms. The summed E-state index contributed by atoms with van der Waals surface area (Å²) in [6, 6.07) is 7.61. The summed E-state index contributed by atoms with van der Waals surface area (Å²) in [5.41, 5.74) is 0.708. The zero-order valence-corrected chi connectivity index (χ0v) is 24.2. The Morgan fingerprint density at radius 2 is 1.53 bits per heavy atom. The van der Waals surface area contributed by atoms with Crippen LogP contribution in [0.5, 0.6) is 0 Å². The van der Waals surface area contributed by atoms with Gasteiger partial charge in [0.05, 0.1) is 26.3 Å². The molecule has 0 aromatic heterocycles. The van der Waals surface area contributed by atoms with Crippen LogP contribution < -0.4 is 26.6 Å². The van der Waals surface area contributed by atoms with Gasteiger partial charge in [-0.1, -0.05) is 30.3 Å². The third-order valence-electron chi connectivity index (χ3n) is 5.74. The molecule has 7 N–H and O–H groups in total. The van der Waals surface area contributed by atoms with Crippen LogP contribution in [0.15, 0.2) is 42.5 Å². The van der Waals surface area contributed by atoms with E-state index in [4.69, 9.17) is 14.6 Å². The maximum absolute atomic E-state index is 12.8. The molecule has 1 aliphatic rings. The van der Waals surface area contributed by atoms with Gasteiger partial charge in [0.1, 0.15) is 38.8 Å². The Labute approximate surface area is 257 Å². The van der Waals surface area contributed by atoms with Gasteiger partial charge < -0.3 is 55.9 Å². The number of nitrogens with one attached hydrogen (secondary N) is 5. The SMILES string of the molecule is O=C(O)COCNC(=O)CNC(=O)[C@H](Cc1ccccc1)NC(=O)CNC(=O)CNC(=O)OCCOCCN1C(=O)C=CC1O. The second-order valence-corrected chi connectivity index (χ2v) is 9.20. The molecule has 0 fully saturated rings. The smallest absolute Gasteiger partial charge is 0.407 e. The van der Waals surface area contributed by atoms with Gasteiger partial charge in [0.25, 0.3) is 0 Å². The van der Waals surface area contributed by atoms with E-state index in [1.807, 2.05) is 0 Å². The van der Waals surface area contributed by atoms with Crippen LogP contribution in [-0.4, -0.2) is 128 Å². The van der Waals surface area contributed by atoms with Crippen LogP contribution in [0, 0.1) is 0 Å². The highest BCUT2D eigenvalue weighted by atomic mass is 16.6. The molecule has 45 heavy (non-hydrogen) atoms. The molecule has 0 saturated heterocycles. The van der Waals surface area contributed by atoms with Crippen molar-refractivity contribution < 1.29 is 58.0 Å². The predicted octanol–water partition coefficient (Wildman–Crippen LogP) is -3.42. The second-order valence-electron chi connectivity index (χ2n) is 9.20. The number of benzene rings is 1. The number of carbonyl (C=O) groups excluding carboxylic acids is 6. The summed E-state index contributed by atoms with van der Waals surface area (Å²) in [6.07, 6.45) is 0.759. The molecule has 6 amide bonds. The van der Waals surface area contributed by atoms with E-state index in [9.17, 15) is 38.7 Å². The average Bonchev–Trinajstić information content (AvgIpc) is 3.33. The first kappa shape index (κ1) is 36.1. The Hall–Kier alpha value is -5.07. The lowest BCUT2D eigenvalue weighted by Crippen LogP contribution is -2.52. The zero-order valence-electron chi connectivity index (χ0n) is 24.2. The van der Waals surface area contributed by atoms with Crippen molar-refractivity contribution in [3.8, 4) is 0 Å². The van der Waals surface area contributed by atoms with Crippen molar-refractivity contribution in [3.05, 3.63) is 48.0 Å². The largest absolute Gasteiger partial charge is 0.480 e. The van der Waals surface area contributed by atoms with Gasteiger partial charge in [0.15, 0.2) is 0 Å². The van der Waals surface area contributed by atoms with Crippen molar-refractivity contribution in [2.24, 2.45) is 0 Å². The van der Waals surface area contributed by atoms with E-state index in [1.54, 1.807) is 30.3 Å². The number of ether oxygens (including phenoxy) is 3. The number of alkyl carbamates (subject to hydrolysis) is 1. The monoisotopic (exact) mass is 636 g/mol. The quantitative estimate of drug-likeness (QED) is 0.0546. The third-order valence-corrected chi connectivity index (χ3v) is 5.74. The number of carboxylic acids is 1. The Morgan fingerprint density at radius 3 is 2.22 bits per heavy atom. The number of aliphatic hydroxyl groups is 1. The van der Waals surface area contributed by atoms with E-state index >= 15 is 0 Å². The fraction of sp³-hybridized carbons (Fsp3) is 0.444. The van der Waals surface area contributed by atoms with E-state index in [0.717, 1.165) is 0 Å². The van der Waals surface area contributed by atoms with Crippen molar-refractivity contribution >= 4 is 41.6 Å². The first-order valence-corrected chi connectivity index (χ1v) is 13.6. The normalized spacial score (nSPS) is 14.3. The van der Waals surface area contributed by atoms with Gasteiger partial charge in [-0.25, -0.2) is 9.59 Å². The topological polar surface area (TPSA) is 251 Å². The molecule has 2 atom stereocenters. The molecule has 246 valence electrons. The van der Waals surface area contributed by atoms with Crippen molar-refractivity contribution in [3.63, 3.8) is 0 Å². The van der Waals surface area contributed by atoms with Gasteiger partial charge >= 0.3 is 12.1 Å². The fourth-order valence-corrected chi connectivity index (χ4v) is 3.57. The number of carbonyl (C=O) groups is 7. The van der Waals surface area contributed by atoms with Crippen molar-refractivity contribution in [2.75, 3.05) is 59.3 Å². The zero-order chi connectivity index (χ0) is 33.0. The van der Waals surface area contributed by atoms with E-state index in [2.05, 4.69) is 31.3 Å². The fourth-order valence-electron chi connectivity index (χ4n) is 3.57. The number of amides is 6. The van der Waals surface area contributed by atoms with Crippen LogP contribution in [0.1, 0.15) is 5.56 Å². The lowest BCUT2D eigenvalue weighted by atomic mass is 10.1. The molecule has 0 aliphatic carbocycles. The Bertz CT molecular complexity index is 1210. The average molecular weight is 637 g/mol. The molecule has 1 aromatic rings. The summed E-state index contributed by atoms with van der Waals surface area (Å²) in [5, 5.41) is 29.7. The number of carboxylic acid groups (broad SMARTS) is 1. The number of aliphatic hydroxyl groups excluding tert-OH is 1. The maximum Gasteiger partial charge on any atom is 0.407 e. The van der Waals surface area contributed by atoms with Crippen LogP contribution in [0.25, 0.3) is 0 Å². The first-order chi connectivity index (χ1) is 21.5. The van der Waals surface area contributed by atoms with E-state index in [1.165, 1.54) is 17.1 Å². The van der Waals surface area contributed by atoms with Crippen molar-refractivity contribution in [2.45, 2.75) is 18.7 Å². The number of rotatable bonds is 20. The summed E-state index contributed by atoms with van der Waals surface area (Å²) in [4.78, 5) is 84.1. The van der Waals surface area contributed by atoms with Gasteiger partial charge in [-0.15, -0.1) is 0 Å². The minimum absolute atomic E-state index is 0.00888. The molecule has 1 unspecified atom stereocenters. The summed E-state index contributed by atoms with van der Waals surface area (Å²) >= 11 is 0. The molecule has 0 saturated carbocycles. The van der Waals surface area contributed by atoms with Crippen LogP contribution in [0.3, 0.4) is 0 Å². The lowest BCUT2D eigenvalue weighted by molar-refractivity contribution is -0.143. The maximum atomic E-state index is 12.8. The Kier molecular flexibility index (Phi) is 16.0. The molecule has 1 aliphatic heterocycles. The molecule has 0 radical (unpaired) electrons. The van der Waals surface area contributed by atoms with Gasteiger partial charge in [0, 0.05) is 19.0 Å². The Balaban J connectivity index is 1.67. The predicted molar refractivity (Wildman–Crippen MR) is 152 cm³/mol. The molecular weight excluding hydrogens is 600 g/mol. The van der Waals surface area contributed by atoms with Gasteiger partial charge in [-0.2, -0.15) is 0 Å². The highest BCUT2D eigenvalue weighted by Crippen LogP contribution is 2.07. The van der Waals surface area contributed by atoms with Crippen molar-refractivity contribution in [1.82, 2.24) is 31.5 Å². The second kappa shape index (κ2) is 20.0. The minimum atomic E-state index is -1.21. The standard InChI is InChI=1S/C27H36N6O12/c34-20(14-30-27(42)45-11-10-43-9-8-33-23(37)6-7-24(33)38)28-15-22(36)32-19(12-18-4-2-1-3-5-18)26(41)29-13-21(35)31-17-44-16-25(39)40/h1-7,19,23,37H,8-17H2,(H,28,34)(H,29,41)(H,30,42)(H,31,35)(H,32,36)(H,39,40)/t19-,23?/m0/s1. The molecule has 1 heterocycles. The number of hydrogen-bond acceptors (Lipinski definition) is 11. The van der Waals surface area contributed by atoms with E-state index in [0.29, 0.717) is 5.56 Å². The van der Waals surface area contributed by atoms with Crippen LogP contribution >= 0.6 is 0 Å².